The van der Waals surface area contributed by atoms with Crippen molar-refractivity contribution >= 4 is 12.1 Å². The summed E-state index contributed by atoms with van der Waals surface area (Å²) in [7, 11) is 0. The zero-order valence-electron chi connectivity index (χ0n) is 11.8. The van der Waals surface area contributed by atoms with Crippen LogP contribution >= 0.6 is 0 Å². The molecule has 20 heavy (non-hydrogen) atoms. The number of carboxylic acids is 1. The molecule has 1 N–H and O–H groups in total. The van der Waals surface area contributed by atoms with E-state index in [2.05, 4.69) is 0 Å². The fourth-order valence-electron chi connectivity index (χ4n) is 2.43. The van der Waals surface area contributed by atoms with Gasteiger partial charge in [-0.25, -0.2) is 4.79 Å². The first-order chi connectivity index (χ1) is 9.38. The first-order valence-corrected chi connectivity index (χ1v) is 6.63. The van der Waals surface area contributed by atoms with Gasteiger partial charge in [-0.05, 0) is 25.8 Å². The van der Waals surface area contributed by atoms with Crippen LogP contribution in [0, 0.1) is 6.92 Å². The minimum atomic E-state index is -0.876. The molecule has 0 bridgehead atoms. The highest BCUT2D eigenvalue weighted by atomic mass is 16.6. The number of carbonyl (C=O) groups is 2. The van der Waals surface area contributed by atoms with E-state index in [0.717, 1.165) is 11.1 Å². The van der Waals surface area contributed by atoms with Crippen molar-refractivity contribution in [2.24, 2.45) is 0 Å². The molecule has 0 radical (unpaired) electrons. The van der Waals surface area contributed by atoms with E-state index in [1.807, 2.05) is 31.2 Å². The molecule has 1 aromatic rings. The van der Waals surface area contributed by atoms with Crippen LogP contribution in [0.3, 0.4) is 0 Å². The number of aliphatic carboxylic acids is 1. The van der Waals surface area contributed by atoms with E-state index < -0.39 is 11.6 Å². The Kier molecular flexibility index (Phi) is 3.97. The second-order valence-corrected chi connectivity index (χ2v) is 5.56. The van der Waals surface area contributed by atoms with Crippen LogP contribution in [0.5, 0.6) is 0 Å². The number of hydrogen-bond donors (Lipinski definition) is 1. The minimum Gasteiger partial charge on any atom is -0.481 e. The predicted octanol–water partition coefficient (Wildman–Crippen LogP) is 2.57. The van der Waals surface area contributed by atoms with Gasteiger partial charge in [-0.2, -0.15) is 0 Å². The average molecular weight is 277 g/mol. The van der Waals surface area contributed by atoms with Gasteiger partial charge < -0.3 is 9.84 Å². The molecule has 1 amide bonds. The molecule has 1 heterocycles. The lowest BCUT2D eigenvalue weighted by Crippen LogP contribution is -2.31. The molecular weight excluding hydrogens is 258 g/mol. The summed E-state index contributed by atoms with van der Waals surface area (Å²) in [5.74, 6) is -0.876. The molecule has 1 aliphatic heterocycles. The molecule has 1 unspecified atom stereocenters. The number of benzene rings is 1. The summed E-state index contributed by atoms with van der Waals surface area (Å²) in [6.45, 7) is 4.70. The molecule has 0 saturated carbocycles. The number of rotatable bonds is 5. The molecule has 1 atom stereocenters. The van der Waals surface area contributed by atoms with Crippen LogP contribution in [0.4, 0.5) is 4.79 Å². The summed E-state index contributed by atoms with van der Waals surface area (Å²) in [6, 6.07) is 7.95. The Balaban J connectivity index is 2.00. The Hall–Kier alpha value is -2.04. The van der Waals surface area contributed by atoms with Crippen LogP contribution in [0.15, 0.2) is 24.3 Å². The summed E-state index contributed by atoms with van der Waals surface area (Å²) in [4.78, 5) is 24.1. The van der Waals surface area contributed by atoms with Crippen LogP contribution in [0.2, 0.25) is 0 Å². The number of ether oxygens (including phenoxy) is 1. The zero-order valence-corrected chi connectivity index (χ0v) is 11.8. The summed E-state index contributed by atoms with van der Waals surface area (Å²) >= 11 is 0. The fraction of sp³-hybridized carbons (Fsp3) is 0.467. The van der Waals surface area contributed by atoms with Crippen LogP contribution in [0.1, 0.15) is 30.9 Å². The van der Waals surface area contributed by atoms with Crippen molar-refractivity contribution in [2.75, 3.05) is 6.54 Å². The SMILES string of the molecule is Cc1cccc(CN2CC(C)(CCC(=O)O)OC2=O)c1. The largest absolute Gasteiger partial charge is 0.481 e. The molecule has 1 aromatic carbocycles. The summed E-state index contributed by atoms with van der Waals surface area (Å²) in [6.07, 6.45) is -0.0418. The fourth-order valence-corrected chi connectivity index (χ4v) is 2.43. The van der Waals surface area contributed by atoms with E-state index in [-0.39, 0.29) is 12.5 Å². The van der Waals surface area contributed by atoms with E-state index in [4.69, 9.17) is 9.84 Å². The Morgan fingerprint density at radius 3 is 2.90 bits per heavy atom. The summed E-state index contributed by atoms with van der Waals surface area (Å²) in [5.41, 5.74) is 1.48. The molecule has 0 aliphatic carbocycles. The Labute approximate surface area is 118 Å². The van der Waals surface area contributed by atoms with Crippen molar-refractivity contribution in [1.29, 1.82) is 0 Å². The third-order valence-electron chi connectivity index (χ3n) is 3.44. The molecule has 1 saturated heterocycles. The first-order valence-electron chi connectivity index (χ1n) is 6.63. The normalized spacial score (nSPS) is 21.9. The highest BCUT2D eigenvalue weighted by Gasteiger charge is 2.41. The monoisotopic (exact) mass is 277 g/mol. The Morgan fingerprint density at radius 2 is 2.25 bits per heavy atom. The van der Waals surface area contributed by atoms with Crippen molar-refractivity contribution in [1.82, 2.24) is 4.90 Å². The molecule has 0 aromatic heterocycles. The number of nitrogens with zero attached hydrogens (tertiary/aromatic N) is 1. The second kappa shape index (κ2) is 5.53. The quantitative estimate of drug-likeness (QED) is 0.898. The third-order valence-corrected chi connectivity index (χ3v) is 3.44. The van der Waals surface area contributed by atoms with E-state index in [0.29, 0.717) is 19.5 Å². The zero-order chi connectivity index (χ0) is 14.8. The smallest absolute Gasteiger partial charge is 0.410 e. The summed E-state index contributed by atoms with van der Waals surface area (Å²) in [5, 5.41) is 8.73. The second-order valence-electron chi connectivity index (χ2n) is 5.56. The van der Waals surface area contributed by atoms with E-state index in [1.165, 1.54) is 0 Å². The number of hydrogen-bond acceptors (Lipinski definition) is 3. The third kappa shape index (κ3) is 3.50. The van der Waals surface area contributed by atoms with Crippen LogP contribution < -0.4 is 0 Å². The lowest BCUT2D eigenvalue weighted by molar-refractivity contribution is -0.138. The highest BCUT2D eigenvalue weighted by Crippen LogP contribution is 2.28. The maximum Gasteiger partial charge on any atom is 0.410 e. The molecule has 5 nitrogen and oxygen atoms in total. The van der Waals surface area contributed by atoms with Gasteiger partial charge in [0, 0.05) is 13.0 Å². The molecule has 0 spiro atoms. The maximum atomic E-state index is 11.9. The number of cyclic esters (lactones) is 1. The number of carboxylic acid groups (broad SMARTS) is 1. The Morgan fingerprint density at radius 1 is 1.50 bits per heavy atom. The van der Waals surface area contributed by atoms with Gasteiger partial charge in [0.05, 0.1) is 6.54 Å². The lowest BCUT2D eigenvalue weighted by Gasteiger charge is -2.20. The van der Waals surface area contributed by atoms with Gasteiger partial charge >= 0.3 is 12.1 Å². The van der Waals surface area contributed by atoms with E-state index >= 15 is 0 Å². The number of carbonyl (C=O) groups excluding carboxylic acids is 1. The van der Waals surface area contributed by atoms with Gasteiger partial charge in [-0.3, -0.25) is 9.69 Å². The highest BCUT2D eigenvalue weighted by molar-refractivity contribution is 5.71. The van der Waals surface area contributed by atoms with Crippen molar-refractivity contribution in [3.05, 3.63) is 35.4 Å². The van der Waals surface area contributed by atoms with E-state index in [1.54, 1.807) is 11.8 Å². The van der Waals surface area contributed by atoms with Gasteiger partial charge in [-0.15, -0.1) is 0 Å². The summed E-state index contributed by atoms with van der Waals surface area (Å²) < 4.78 is 5.34. The first kappa shape index (κ1) is 14.4. The maximum absolute atomic E-state index is 11.9. The van der Waals surface area contributed by atoms with Gasteiger partial charge in [0.1, 0.15) is 5.60 Å². The van der Waals surface area contributed by atoms with Gasteiger partial charge in [0.2, 0.25) is 0 Å². The van der Waals surface area contributed by atoms with Gasteiger partial charge in [0.15, 0.2) is 0 Å². The van der Waals surface area contributed by atoms with Crippen molar-refractivity contribution in [2.45, 2.75) is 38.8 Å². The predicted molar refractivity (Wildman–Crippen MR) is 73.3 cm³/mol. The molecule has 108 valence electrons. The Bertz CT molecular complexity index is 528. The molecular formula is C15H19NO4. The van der Waals surface area contributed by atoms with Crippen LogP contribution in [0.25, 0.3) is 0 Å². The van der Waals surface area contributed by atoms with Crippen molar-refractivity contribution in [3.8, 4) is 0 Å². The molecule has 1 fully saturated rings. The topological polar surface area (TPSA) is 66.8 Å². The van der Waals surface area contributed by atoms with Crippen LogP contribution in [-0.2, 0) is 16.1 Å². The number of aryl methyl sites for hydroxylation is 1. The average Bonchev–Trinajstić information content (AvgIpc) is 2.63. The van der Waals surface area contributed by atoms with Gasteiger partial charge in [-0.1, -0.05) is 29.8 Å². The minimum absolute atomic E-state index is 0.00205. The van der Waals surface area contributed by atoms with Crippen LogP contribution in [-0.4, -0.2) is 34.2 Å². The van der Waals surface area contributed by atoms with E-state index in [9.17, 15) is 9.59 Å². The van der Waals surface area contributed by atoms with Crippen molar-refractivity contribution in [3.63, 3.8) is 0 Å². The number of amides is 1. The molecule has 2 rings (SSSR count). The molecule has 1 aliphatic rings. The molecule has 5 heteroatoms. The van der Waals surface area contributed by atoms with Gasteiger partial charge in [0.25, 0.3) is 0 Å². The standard InChI is InChI=1S/C15H19NO4/c1-11-4-3-5-12(8-11)9-16-10-15(2,20-14(16)19)7-6-13(17)18/h3-5,8H,6-7,9-10H2,1-2H3,(H,17,18). The lowest BCUT2D eigenvalue weighted by atomic mass is 10.00. The van der Waals surface area contributed by atoms with Crippen molar-refractivity contribution < 1.29 is 19.4 Å².